The van der Waals surface area contributed by atoms with E-state index >= 15 is 0 Å². The summed E-state index contributed by atoms with van der Waals surface area (Å²) in [5, 5.41) is 1.02. The maximum atomic E-state index is 13.2. The molecule has 1 saturated heterocycles. The highest BCUT2D eigenvalue weighted by atomic mass is 32.2. The topological polar surface area (TPSA) is 102 Å². The first kappa shape index (κ1) is 24.2. The van der Waals surface area contributed by atoms with E-state index in [0.717, 1.165) is 24.2 Å². The molecule has 4 aromatic heterocycles. The minimum atomic E-state index is -4.51. The molecule has 0 aliphatic carbocycles. The molecule has 5 rings (SSSR count). The Labute approximate surface area is 206 Å². The van der Waals surface area contributed by atoms with E-state index in [1.165, 1.54) is 6.20 Å². The molecule has 4 aromatic rings. The zero-order valence-electron chi connectivity index (χ0n) is 18.8. The van der Waals surface area contributed by atoms with Crippen LogP contribution in [0.3, 0.4) is 0 Å². The molecule has 1 fully saturated rings. The van der Waals surface area contributed by atoms with Crippen molar-refractivity contribution < 1.29 is 26.6 Å². The second-order valence-electron chi connectivity index (χ2n) is 8.32. The summed E-state index contributed by atoms with van der Waals surface area (Å²) in [5.74, 6) is 0.0768. The van der Waals surface area contributed by atoms with E-state index in [2.05, 4.69) is 19.9 Å². The van der Waals surface area contributed by atoms with Gasteiger partial charge in [0.1, 0.15) is 5.58 Å². The fourth-order valence-corrected chi connectivity index (χ4v) is 5.49. The lowest BCUT2D eigenvalue weighted by atomic mass is 10.0. The van der Waals surface area contributed by atoms with Gasteiger partial charge >= 0.3 is 6.18 Å². The number of halogens is 3. The number of carbonyl (C=O) groups is 1. The summed E-state index contributed by atoms with van der Waals surface area (Å²) in [6.07, 6.45) is 3.51. The van der Waals surface area contributed by atoms with Crippen LogP contribution in [0.1, 0.15) is 30.5 Å². The Balaban J connectivity index is 1.25. The summed E-state index contributed by atoms with van der Waals surface area (Å²) in [5.41, 5.74) is 0.742. The third kappa shape index (κ3) is 5.05. The summed E-state index contributed by atoms with van der Waals surface area (Å²) in [6.45, 7) is 0.511. The Kier molecular flexibility index (Phi) is 6.63. The quantitative estimate of drug-likeness (QED) is 0.360. The molecular weight excluding hydrogens is 495 g/mol. The van der Waals surface area contributed by atoms with E-state index in [0.29, 0.717) is 36.2 Å². The Morgan fingerprint density at radius 1 is 1.11 bits per heavy atom. The number of alkyl halides is 3. The van der Waals surface area contributed by atoms with Gasteiger partial charge in [0, 0.05) is 66.7 Å². The molecule has 12 heteroatoms. The second-order valence-corrected chi connectivity index (χ2v) is 9.69. The van der Waals surface area contributed by atoms with Gasteiger partial charge in [-0.05, 0) is 37.5 Å². The van der Waals surface area contributed by atoms with Gasteiger partial charge in [0.25, 0.3) is 0 Å². The van der Waals surface area contributed by atoms with Crippen molar-refractivity contribution in [1.29, 1.82) is 0 Å². The van der Waals surface area contributed by atoms with E-state index in [9.17, 15) is 22.2 Å². The zero-order chi connectivity index (χ0) is 25.3. The smallest absolute Gasteiger partial charge is 0.419 e. The summed E-state index contributed by atoms with van der Waals surface area (Å²) < 4.78 is 58.8. The second kappa shape index (κ2) is 9.86. The van der Waals surface area contributed by atoms with Gasteiger partial charge in [-0.2, -0.15) is 13.2 Å². The Morgan fingerprint density at radius 2 is 1.92 bits per heavy atom. The number of fused-ring (bicyclic) bond motifs is 1. The Hall–Kier alpha value is -3.51. The van der Waals surface area contributed by atoms with Gasteiger partial charge in [0.2, 0.25) is 5.09 Å². The van der Waals surface area contributed by atoms with Gasteiger partial charge in [-0.15, -0.1) is 0 Å². The molecule has 0 aromatic carbocycles. The van der Waals surface area contributed by atoms with Crippen molar-refractivity contribution in [2.24, 2.45) is 0 Å². The fourth-order valence-electron chi connectivity index (χ4n) is 4.12. The predicted molar refractivity (Wildman–Crippen MR) is 124 cm³/mol. The third-order valence-electron chi connectivity index (χ3n) is 5.94. The highest BCUT2D eigenvalue weighted by molar-refractivity contribution is 7.82. The maximum absolute atomic E-state index is 13.2. The van der Waals surface area contributed by atoms with E-state index in [1.807, 2.05) is 0 Å². The summed E-state index contributed by atoms with van der Waals surface area (Å²) in [4.78, 5) is 29.0. The molecule has 1 aliphatic heterocycles. The van der Waals surface area contributed by atoms with Crippen molar-refractivity contribution in [3.63, 3.8) is 0 Å². The molecule has 8 nitrogen and oxygen atoms in total. The lowest BCUT2D eigenvalue weighted by molar-refractivity contribution is -0.138. The first-order valence-electron chi connectivity index (χ1n) is 11.2. The molecule has 1 unspecified atom stereocenters. The van der Waals surface area contributed by atoms with Crippen LogP contribution < -0.4 is 0 Å². The summed E-state index contributed by atoms with van der Waals surface area (Å²) in [7, 11) is -1.62. The normalized spacial score (nSPS) is 17.5. The molecule has 2 atom stereocenters. The monoisotopic (exact) mass is 515 g/mol. The van der Waals surface area contributed by atoms with Gasteiger partial charge in [-0.3, -0.25) is 14.8 Å². The highest BCUT2D eigenvalue weighted by Crippen LogP contribution is 2.30. The minimum Gasteiger partial charge on any atom is -0.446 e. The number of rotatable bonds is 7. The molecule has 0 spiro atoms. The van der Waals surface area contributed by atoms with Crippen LogP contribution in [0.15, 0.2) is 64.8 Å². The van der Waals surface area contributed by atoms with Crippen molar-refractivity contribution in [2.75, 3.05) is 6.54 Å². The van der Waals surface area contributed by atoms with Gasteiger partial charge in [-0.25, -0.2) is 18.5 Å². The van der Waals surface area contributed by atoms with Crippen molar-refractivity contribution in [1.82, 2.24) is 24.2 Å². The average molecular weight is 516 g/mol. The number of nitrogens with zero attached hydrogens (tertiary/aromatic N) is 5. The molecule has 0 bridgehead atoms. The number of Topliss-reactive ketones (excluding diaryl/α,β-unsaturated/α-hetero) is 1. The van der Waals surface area contributed by atoms with Gasteiger partial charge in [0.05, 0.1) is 11.6 Å². The molecule has 0 amide bonds. The number of aryl methyl sites for hydroxylation is 1. The van der Waals surface area contributed by atoms with Crippen molar-refractivity contribution in [3.8, 4) is 11.4 Å². The molecule has 0 N–H and O–H groups in total. The van der Waals surface area contributed by atoms with Crippen molar-refractivity contribution in [3.05, 3.63) is 66.5 Å². The number of furan rings is 1. The van der Waals surface area contributed by atoms with Crippen molar-refractivity contribution in [2.45, 2.75) is 43.0 Å². The standard InChI is InChI=1S/C24H20F3N5O3S/c25-24(26,27)17-13-30-23(31-14-17)15-5-8-29-18(10-15)3-4-20(33)19-2-1-9-32(19)36(34)22-11-16-12-28-7-6-21(16)35-22/h5-8,10-14,19H,1-4,9H2/t19-,36?/m0/s1. The van der Waals surface area contributed by atoms with Crippen LogP contribution in [-0.4, -0.2) is 46.8 Å². The molecule has 1 aliphatic rings. The van der Waals surface area contributed by atoms with Gasteiger partial charge in [0.15, 0.2) is 22.6 Å². The molecule has 0 radical (unpaired) electrons. The van der Waals surface area contributed by atoms with Crippen molar-refractivity contribution >= 4 is 27.7 Å². The summed E-state index contributed by atoms with van der Waals surface area (Å²) >= 11 is 0. The lowest BCUT2D eigenvalue weighted by Gasteiger charge is -2.20. The van der Waals surface area contributed by atoms with E-state index in [1.54, 1.807) is 41.0 Å². The number of hydrogen-bond donors (Lipinski definition) is 0. The van der Waals surface area contributed by atoms with Crippen LogP contribution in [0.25, 0.3) is 22.4 Å². The van der Waals surface area contributed by atoms with E-state index in [4.69, 9.17) is 4.42 Å². The number of aromatic nitrogens is 4. The van der Waals surface area contributed by atoms with Gasteiger partial charge < -0.3 is 4.42 Å². The average Bonchev–Trinajstić information content (AvgIpc) is 3.54. The molecule has 0 saturated carbocycles. The van der Waals surface area contributed by atoms with Crippen LogP contribution in [0.4, 0.5) is 13.2 Å². The van der Waals surface area contributed by atoms with Crippen LogP contribution in [-0.2, 0) is 28.4 Å². The molecule has 36 heavy (non-hydrogen) atoms. The molecule has 186 valence electrons. The van der Waals surface area contributed by atoms with E-state index < -0.39 is 28.8 Å². The summed E-state index contributed by atoms with van der Waals surface area (Å²) in [6, 6.07) is 6.12. The zero-order valence-corrected chi connectivity index (χ0v) is 19.6. The number of ketones is 1. The maximum Gasteiger partial charge on any atom is 0.419 e. The lowest BCUT2D eigenvalue weighted by Crippen LogP contribution is -2.37. The van der Waals surface area contributed by atoms with Crippen LogP contribution in [0, 0.1) is 0 Å². The number of hydrogen-bond acceptors (Lipinski definition) is 7. The first-order valence-corrected chi connectivity index (χ1v) is 12.3. The van der Waals surface area contributed by atoms with Crippen LogP contribution >= 0.6 is 0 Å². The highest BCUT2D eigenvalue weighted by Gasteiger charge is 2.36. The van der Waals surface area contributed by atoms with Crippen LogP contribution in [0.5, 0.6) is 0 Å². The molecular formula is C24H20F3N5O3S. The molecule has 5 heterocycles. The predicted octanol–water partition coefficient (Wildman–Crippen LogP) is 4.39. The Bertz CT molecular complexity index is 1390. The van der Waals surface area contributed by atoms with Gasteiger partial charge in [-0.1, -0.05) is 0 Å². The fraction of sp³-hybridized carbons (Fsp3) is 0.292. The first-order chi connectivity index (χ1) is 17.3. The minimum absolute atomic E-state index is 0.0587. The number of carbonyl (C=O) groups excluding carboxylic acids is 1. The van der Waals surface area contributed by atoms with E-state index in [-0.39, 0.29) is 23.1 Å². The SMILES string of the molecule is O=C(CCc1cc(-c2ncc(C(F)(F)F)cn2)ccn1)[C@@H]1CCCN1S(=O)c1cc2cnccc2o1. The Morgan fingerprint density at radius 3 is 2.67 bits per heavy atom. The van der Waals surface area contributed by atoms with Crippen LogP contribution in [0.2, 0.25) is 0 Å². The number of pyridine rings is 2. The largest absolute Gasteiger partial charge is 0.446 e. The third-order valence-corrected chi connectivity index (χ3v) is 7.34.